The summed E-state index contributed by atoms with van der Waals surface area (Å²) in [5, 5.41) is 9.14. The predicted molar refractivity (Wildman–Crippen MR) is 74.5 cm³/mol. The number of hydrogen-bond donors (Lipinski definition) is 1. The van der Waals surface area contributed by atoms with Crippen LogP contribution in [0.15, 0.2) is 22.7 Å². The van der Waals surface area contributed by atoms with Gasteiger partial charge in [0.25, 0.3) is 5.91 Å². The van der Waals surface area contributed by atoms with E-state index in [0.717, 1.165) is 25.7 Å². The maximum Gasteiger partial charge on any atom is 0.255 e. The maximum absolute atomic E-state index is 13.5. The summed E-state index contributed by atoms with van der Waals surface area (Å²) in [6, 6.07) is 4.61. The van der Waals surface area contributed by atoms with Gasteiger partial charge in [0.15, 0.2) is 0 Å². The minimum Gasteiger partial charge on any atom is -0.395 e. The number of benzene rings is 1. The summed E-state index contributed by atoms with van der Waals surface area (Å²) < 4.78 is 13.7. The van der Waals surface area contributed by atoms with Crippen molar-refractivity contribution in [3.05, 3.63) is 34.1 Å². The number of hydrogen-bond acceptors (Lipinski definition) is 2. The molecule has 0 atom stereocenters. The fourth-order valence-corrected chi connectivity index (χ4v) is 3.03. The molecule has 3 nitrogen and oxygen atoms in total. The molecule has 0 heterocycles. The summed E-state index contributed by atoms with van der Waals surface area (Å²) in [7, 11) is 0. The Bertz CT molecular complexity index is 461. The van der Waals surface area contributed by atoms with Gasteiger partial charge in [-0.2, -0.15) is 0 Å². The average Bonchev–Trinajstić information content (AvgIpc) is 2.92. The molecule has 19 heavy (non-hydrogen) atoms. The van der Waals surface area contributed by atoms with Crippen molar-refractivity contribution in [3.8, 4) is 0 Å². The van der Waals surface area contributed by atoms with Crippen LogP contribution in [-0.4, -0.2) is 35.1 Å². The van der Waals surface area contributed by atoms with Crippen LogP contribution < -0.4 is 0 Å². The van der Waals surface area contributed by atoms with E-state index in [0.29, 0.717) is 12.1 Å². The van der Waals surface area contributed by atoms with Gasteiger partial charge in [0.05, 0.1) is 16.6 Å². The molecule has 1 fully saturated rings. The largest absolute Gasteiger partial charge is 0.395 e. The van der Waals surface area contributed by atoms with Crippen LogP contribution in [0.1, 0.15) is 36.0 Å². The lowest BCUT2D eigenvalue weighted by atomic mass is 10.1. The van der Waals surface area contributed by atoms with Gasteiger partial charge in [-0.3, -0.25) is 4.79 Å². The Morgan fingerprint density at radius 1 is 1.42 bits per heavy atom. The van der Waals surface area contributed by atoms with Gasteiger partial charge in [0.1, 0.15) is 5.82 Å². The van der Waals surface area contributed by atoms with Crippen LogP contribution in [0, 0.1) is 5.82 Å². The van der Waals surface area contributed by atoms with Crippen molar-refractivity contribution >= 4 is 21.8 Å². The Kier molecular flexibility index (Phi) is 4.93. The normalized spacial score (nSPS) is 15.7. The third-order valence-electron chi connectivity index (χ3n) is 3.55. The van der Waals surface area contributed by atoms with Crippen molar-refractivity contribution in [2.24, 2.45) is 0 Å². The van der Waals surface area contributed by atoms with E-state index >= 15 is 0 Å². The summed E-state index contributed by atoms with van der Waals surface area (Å²) in [4.78, 5) is 14.2. The molecule has 1 saturated carbocycles. The van der Waals surface area contributed by atoms with Crippen molar-refractivity contribution in [1.29, 1.82) is 0 Å². The topological polar surface area (TPSA) is 40.5 Å². The Hall–Kier alpha value is -0.940. The minimum atomic E-state index is -0.443. The molecule has 0 aromatic heterocycles. The standard InChI is InChI=1S/C14H17BrFNO2/c15-13-11(6-3-7-12(13)16)14(19)17(8-9-18)10-4-1-2-5-10/h3,6-7,10,18H,1-2,4-5,8-9H2. The highest BCUT2D eigenvalue weighted by Crippen LogP contribution is 2.27. The fraction of sp³-hybridized carbons (Fsp3) is 0.500. The molecular weight excluding hydrogens is 313 g/mol. The van der Waals surface area contributed by atoms with Crippen LogP contribution in [0.3, 0.4) is 0 Å². The van der Waals surface area contributed by atoms with E-state index in [1.165, 1.54) is 12.1 Å². The first-order valence-electron chi connectivity index (χ1n) is 6.51. The summed E-state index contributed by atoms with van der Waals surface area (Å²) in [5.74, 6) is -0.659. The number of nitrogens with zero attached hydrogens (tertiary/aromatic N) is 1. The van der Waals surface area contributed by atoms with Crippen LogP contribution in [-0.2, 0) is 0 Å². The molecule has 1 amide bonds. The number of aliphatic hydroxyl groups is 1. The second kappa shape index (κ2) is 6.48. The molecule has 0 saturated heterocycles. The molecule has 2 rings (SSSR count). The van der Waals surface area contributed by atoms with Crippen LogP contribution in [0.2, 0.25) is 0 Å². The molecule has 0 bridgehead atoms. The average molecular weight is 330 g/mol. The van der Waals surface area contributed by atoms with Gasteiger partial charge in [-0.05, 0) is 40.9 Å². The van der Waals surface area contributed by atoms with E-state index in [-0.39, 0.29) is 23.0 Å². The molecule has 0 aliphatic heterocycles. The zero-order valence-corrected chi connectivity index (χ0v) is 12.2. The number of halogens is 2. The van der Waals surface area contributed by atoms with E-state index in [2.05, 4.69) is 15.9 Å². The van der Waals surface area contributed by atoms with Crippen molar-refractivity contribution in [3.63, 3.8) is 0 Å². The van der Waals surface area contributed by atoms with Gasteiger partial charge in [-0.15, -0.1) is 0 Å². The van der Waals surface area contributed by atoms with E-state index in [1.54, 1.807) is 11.0 Å². The number of aliphatic hydroxyl groups excluding tert-OH is 1. The highest BCUT2D eigenvalue weighted by molar-refractivity contribution is 9.10. The van der Waals surface area contributed by atoms with E-state index < -0.39 is 5.82 Å². The summed E-state index contributed by atoms with van der Waals surface area (Å²) in [6.07, 6.45) is 4.12. The molecule has 1 N–H and O–H groups in total. The molecule has 1 aromatic rings. The van der Waals surface area contributed by atoms with E-state index in [4.69, 9.17) is 5.11 Å². The molecule has 0 spiro atoms. The Balaban J connectivity index is 2.25. The lowest BCUT2D eigenvalue weighted by Crippen LogP contribution is -2.41. The van der Waals surface area contributed by atoms with Crippen LogP contribution in [0.25, 0.3) is 0 Å². The molecular formula is C14H17BrFNO2. The Morgan fingerprint density at radius 2 is 2.11 bits per heavy atom. The zero-order valence-electron chi connectivity index (χ0n) is 10.6. The second-order valence-electron chi connectivity index (χ2n) is 4.76. The number of carbonyl (C=O) groups excluding carboxylic acids is 1. The Labute approximate surface area is 120 Å². The molecule has 1 aromatic carbocycles. The first-order valence-corrected chi connectivity index (χ1v) is 7.30. The van der Waals surface area contributed by atoms with Gasteiger partial charge in [0, 0.05) is 12.6 Å². The van der Waals surface area contributed by atoms with E-state index in [1.807, 2.05) is 0 Å². The van der Waals surface area contributed by atoms with Crippen LogP contribution in [0.4, 0.5) is 4.39 Å². The first kappa shape index (κ1) is 14.5. The summed E-state index contributed by atoms with van der Waals surface area (Å²) in [5.41, 5.74) is 0.320. The number of carbonyl (C=O) groups is 1. The van der Waals surface area contributed by atoms with Gasteiger partial charge < -0.3 is 10.0 Å². The quantitative estimate of drug-likeness (QED) is 0.922. The molecule has 0 unspecified atom stereocenters. The van der Waals surface area contributed by atoms with Crippen molar-refractivity contribution in [2.45, 2.75) is 31.7 Å². The molecule has 0 radical (unpaired) electrons. The monoisotopic (exact) mass is 329 g/mol. The SMILES string of the molecule is O=C(c1cccc(F)c1Br)N(CCO)C1CCCC1. The molecule has 5 heteroatoms. The van der Waals surface area contributed by atoms with Gasteiger partial charge in [0.2, 0.25) is 0 Å². The minimum absolute atomic E-state index is 0.0742. The van der Waals surface area contributed by atoms with E-state index in [9.17, 15) is 9.18 Å². The summed E-state index contributed by atoms with van der Waals surface area (Å²) in [6.45, 7) is 0.224. The lowest BCUT2D eigenvalue weighted by Gasteiger charge is -2.28. The van der Waals surface area contributed by atoms with Crippen molar-refractivity contribution in [1.82, 2.24) is 4.90 Å². The van der Waals surface area contributed by atoms with Crippen LogP contribution in [0.5, 0.6) is 0 Å². The predicted octanol–water partition coefficient (Wildman–Crippen LogP) is 2.97. The second-order valence-corrected chi connectivity index (χ2v) is 5.55. The smallest absolute Gasteiger partial charge is 0.255 e. The highest BCUT2D eigenvalue weighted by Gasteiger charge is 2.28. The Morgan fingerprint density at radius 3 is 2.74 bits per heavy atom. The first-order chi connectivity index (χ1) is 9.15. The van der Waals surface area contributed by atoms with Gasteiger partial charge in [-0.25, -0.2) is 4.39 Å². The fourth-order valence-electron chi connectivity index (χ4n) is 2.60. The zero-order chi connectivity index (χ0) is 13.8. The lowest BCUT2D eigenvalue weighted by molar-refractivity contribution is 0.0636. The summed E-state index contributed by atoms with van der Waals surface area (Å²) >= 11 is 3.12. The number of amides is 1. The molecule has 1 aliphatic carbocycles. The number of rotatable bonds is 4. The third-order valence-corrected chi connectivity index (χ3v) is 4.36. The van der Waals surface area contributed by atoms with Gasteiger partial charge >= 0.3 is 0 Å². The third kappa shape index (κ3) is 3.15. The highest BCUT2D eigenvalue weighted by atomic mass is 79.9. The van der Waals surface area contributed by atoms with Crippen molar-refractivity contribution in [2.75, 3.05) is 13.2 Å². The maximum atomic E-state index is 13.5. The van der Waals surface area contributed by atoms with Crippen molar-refractivity contribution < 1.29 is 14.3 Å². The van der Waals surface area contributed by atoms with Crippen LogP contribution >= 0.6 is 15.9 Å². The van der Waals surface area contributed by atoms with Gasteiger partial charge in [-0.1, -0.05) is 18.9 Å². The molecule has 1 aliphatic rings. The molecule has 104 valence electrons.